The lowest BCUT2D eigenvalue weighted by molar-refractivity contribution is 0.0895. The number of rotatable bonds is 0. The molecule has 46 heavy (non-hydrogen) atoms. The van der Waals surface area contributed by atoms with Crippen LogP contribution in [0.2, 0.25) is 0 Å². The predicted molar refractivity (Wildman–Crippen MR) is 205 cm³/mol. The Bertz CT molecular complexity index is 1520. The zero-order valence-corrected chi connectivity index (χ0v) is 33.2. The Morgan fingerprint density at radius 1 is 0.587 bits per heavy atom. The van der Waals surface area contributed by atoms with Crippen molar-refractivity contribution in [3.8, 4) is 0 Å². The van der Waals surface area contributed by atoms with Crippen LogP contribution in [0.3, 0.4) is 0 Å². The van der Waals surface area contributed by atoms with E-state index in [4.69, 9.17) is 12.2 Å². The first kappa shape index (κ1) is 41.3. The summed E-state index contributed by atoms with van der Waals surface area (Å²) in [7, 11) is 4.35. The van der Waals surface area contributed by atoms with E-state index in [1.807, 2.05) is 72.1 Å². The summed E-state index contributed by atoms with van der Waals surface area (Å²) in [6.45, 7) is 33.8. The predicted octanol–water partition coefficient (Wildman–Crippen LogP) is 10.4. The number of likely N-dealkylation sites (N-methyl/N-ethyl adjacent to an activating group) is 2. The van der Waals surface area contributed by atoms with Crippen molar-refractivity contribution in [2.75, 3.05) is 14.1 Å². The SMILES string of the molecule is CC.CC.CC.CC.CC1C(C)n2c(=O)[nH]c3cccc(c32)C(C)(C)N1C.CC1C(C)n2c(=S)[nH]c3cccc(c32)C(C)(C)N1C. The van der Waals surface area contributed by atoms with Gasteiger partial charge in [-0.25, -0.2) is 4.79 Å². The van der Waals surface area contributed by atoms with Crippen LogP contribution < -0.4 is 5.69 Å². The summed E-state index contributed by atoms with van der Waals surface area (Å²) in [5, 5.41) is 0. The number of nitrogens with one attached hydrogen (secondary N) is 2. The first-order chi connectivity index (χ1) is 21.7. The fourth-order valence-electron chi connectivity index (χ4n) is 6.60. The maximum absolute atomic E-state index is 12.3. The second-order valence-electron chi connectivity index (χ2n) is 12.3. The fraction of sp³-hybridized carbons (Fsp3) is 0.632. The van der Waals surface area contributed by atoms with Gasteiger partial charge in [-0.3, -0.25) is 14.4 Å². The van der Waals surface area contributed by atoms with E-state index in [0.717, 1.165) is 21.3 Å². The Morgan fingerprint density at radius 2 is 0.935 bits per heavy atom. The number of hydrogen-bond acceptors (Lipinski definition) is 4. The Hall–Kier alpha value is -2.68. The average Bonchev–Trinajstić information content (AvgIpc) is 3.57. The third-order valence-corrected chi connectivity index (χ3v) is 10.3. The highest BCUT2D eigenvalue weighted by Crippen LogP contribution is 2.41. The van der Waals surface area contributed by atoms with Crippen LogP contribution in [0.5, 0.6) is 0 Å². The van der Waals surface area contributed by atoms with Gasteiger partial charge in [-0.15, -0.1) is 0 Å². The maximum Gasteiger partial charge on any atom is 0.326 e. The highest BCUT2D eigenvalue weighted by atomic mass is 32.1. The van der Waals surface area contributed by atoms with Crippen LogP contribution in [0.15, 0.2) is 41.2 Å². The quantitative estimate of drug-likeness (QED) is 0.185. The lowest BCUT2D eigenvalue weighted by Gasteiger charge is -2.40. The number of aromatic nitrogens is 4. The summed E-state index contributed by atoms with van der Waals surface area (Å²) in [5.74, 6) is 0. The number of nitrogens with zero attached hydrogens (tertiary/aromatic N) is 4. The van der Waals surface area contributed by atoms with Gasteiger partial charge in [-0.05, 0) is 105 Å². The van der Waals surface area contributed by atoms with E-state index in [1.165, 1.54) is 16.6 Å². The lowest BCUT2D eigenvalue weighted by atomic mass is 9.91. The molecule has 0 radical (unpaired) electrons. The van der Waals surface area contributed by atoms with Crippen LogP contribution in [0.4, 0.5) is 0 Å². The van der Waals surface area contributed by atoms with Crippen molar-refractivity contribution >= 4 is 34.3 Å². The second-order valence-corrected chi connectivity index (χ2v) is 12.7. The molecular formula is C38H66N6OS. The molecule has 4 unspecified atom stereocenters. The molecule has 0 fully saturated rings. The molecule has 2 aliphatic rings. The van der Waals surface area contributed by atoms with Gasteiger partial charge in [0.05, 0.1) is 28.1 Å². The minimum atomic E-state index is -0.0972. The van der Waals surface area contributed by atoms with Crippen LogP contribution in [0, 0.1) is 4.77 Å². The Balaban J connectivity index is 0.000000379. The number of H-pyrrole nitrogens is 2. The number of benzene rings is 2. The van der Waals surface area contributed by atoms with Crippen molar-refractivity contribution < 1.29 is 0 Å². The normalized spacial score (nSPS) is 22.5. The van der Waals surface area contributed by atoms with Crippen LogP contribution in [0.1, 0.15) is 134 Å². The van der Waals surface area contributed by atoms with Crippen molar-refractivity contribution in [1.82, 2.24) is 28.9 Å². The number of imidazole rings is 2. The lowest BCUT2D eigenvalue weighted by Crippen LogP contribution is -2.45. The molecule has 6 rings (SSSR count). The van der Waals surface area contributed by atoms with Crippen molar-refractivity contribution in [3.63, 3.8) is 0 Å². The molecule has 0 spiro atoms. The standard InChI is InChI=1S/C15H21N3O.C15H21N3S.4C2H6/c2*1-9-10(2)18-13-11(15(3,4)17(9)5)7-6-8-12(13)16-14(18)19;4*1-2/h2*6-10H,1-5H3,(H,16,19);4*1-2H3. The van der Waals surface area contributed by atoms with Crippen molar-refractivity contribution in [1.29, 1.82) is 0 Å². The first-order valence-electron chi connectivity index (χ1n) is 17.6. The molecule has 4 heterocycles. The molecule has 2 aromatic carbocycles. The van der Waals surface area contributed by atoms with Gasteiger partial charge in [0.25, 0.3) is 0 Å². The van der Waals surface area contributed by atoms with Gasteiger partial charge < -0.3 is 14.5 Å². The van der Waals surface area contributed by atoms with Gasteiger partial charge in [-0.1, -0.05) is 79.7 Å². The summed E-state index contributed by atoms with van der Waals surface area (Å²) >= 11 is 5.54. The summed E-state index contributed by atoms with van der Waals surface area (Å²) in [6.07, 6.45) is 0. The van der Waals surface area contributed by atoms with E-state index in [-0.39, 0.29) is 22.8 Å². The molecule has 4 atom stereocenters. The van der Waals surface area contributed by atoms with E-state index in [9.17, 15) is 4.79 Å². The molecule has 0 bridgehead atoms. The fourth-order valence-corrected chi connectivity index (χ4v) is 6.97. The number of para-hydroxylation sites is 2. The van der Waals surface area contributed by atoms with Crippen LogP contribution in [0.25, 0.3) is 22.1 Å². The molecule has 7 nitrogen and oxygen atoms in total. The van der Waals surface area contributed by atoms with E-state index >= 15 is 0 Å². The summed E-state index contributed by atoms with van der Waals surface area (Å²) in [5.41, 5.74) is 6.85. The molecule has 0 saturated carbocycles. The van der Waals surface area contributed by atoms with Gasteiger partial charge in [0.2, 0.25) is 0 Å². The zero-order valence-electron chi connectivity index (χ0n) is 32.4. The number of hydrogen-bond donors (Lipinski definition) is 2. The zero-order chi connectivity index (χ0) is 35.9. The van der Waals surface area contributed by atoms with E-state index in [2.05, 4.69) is 118 Å². The molecule has 260 valence electrons. The molecule has 4 aromatic rings. The molecule has 2 N–H and O–H groups in total. The third-order valence-electron chi connectivity index (χ3n) is 9.99. The minimum absolute atomic E-state index is 0.00456. The first-order valence-corrected chi connectivity index (χ1v) is 18.0. The smallest absolute Gasteiger partial charge is 0.326 e. The average molecular weight is 655 g/mol. The van der Waals surface area contributed by atoms with Gasteiger partial charge in [0.1, 0.15) is 0 Å². The summed E-state index contributed by atoms with van der Waals surface area (Å²) < 4.78 is 5.03. The van der Waals surface area contributed by atoms with E-state index in [0.29, 0.717) is 18.1 Å². The van der Waals surface area contributed by atoms with E-state index < -0.39 is 0 Å². The Labute approximate surface area is 285 Å². The van der Waals surface area contributed by atoms with Gasteiger partial charge in [0.15, 0.2) is 4.77 Å². The minimum Gasteiger partial charge on any atom is -0.331 e. The highest BCUT2D eigenvalue weighted by Gasteiger charge is 2.39. The van der Waals surface area contributed by atoms with Crippen molar-refractivity contribution in [2.24, 2.45) is 0 Å². The third kappa shape index (κ3) is 7.09. The van der Waals surface area contributed by atoms with Gasteiger partial charge in [0, 0.05) is 29.2 Å². The topological polar surface area (TPSA) is 65.0 Å². The van der Waals surface area contributed by atoms with Crippen LogP contribution in [-0.4, -0.2) is 55.1 Å². The maximum atomic E-state index is 12.3. The summed E-state index contributed by atoms with van der Waals surface area (Å²) in [6, 6.07) is 13.8. The molecule has 0 aliphatic carbocycles. The Morgan fingerprint density at radius 3 is 1.35 bits per heavy atom. The van der Waals surface area contributed by atoms with Crippen molar-refractivity contribution in [2.45, 2.75) is 146 Å². The van der Waals surface area contributed by atoms with Crippen LogP contribution in [-0.2, 0) is 11.1 Å². The molecule has 0 amide bonds. The molecule has 2 aliphatic heterocycles. The highest BCUT2D eigenvalue weighted by molar-refractivity contribution is 7.71. The molecular weight excluding hydrogens is 589 g/mol. The van der Waals surface area contributed by atoms with Gasteiger partial charge in [-0.2, -0.15) is 0 Å². The Kier molecular flexibility index (Phi) is 15.2. The molecule has 0 saturated heterocycles. The summed E-state index contributed by atoms with van der Waals surface area (Å²) in [4.78, 5) is 23.4. The largest absolute Gasteiger partial charge is 0.331 e. The van der Waals surface area contributed by atoms with Crippen molar-refractivity contribution in [3.05, 3.63) is 62.8 Å². The second kappa shape index (κ2) is 16.9. The van der Waals surface area contributed by atoms with E-state index in [1.54, 1.807) is 0 Å². The number of aromatic amines is 2. The van der Waals surface area contributed by atoms with Crippen LogP contribution >= 0.6 is 12.2 Å². The molecule has 8 heteroatoms. The molecule has 2 aromatic heterocycles. The monoisotopic (exact) mass is 655 g/mol. The van der Waals surface area contributed by atoms with Gasteiger partial charge >= 0.3 is 5.69 Å².